The summed E-state index contributed by atoms with van der Waals surface area (Å²) in [6, 6.07) is 1.81. The minimum Gasteiger partial charge on any atom is -0.393 e. The quantitative estimate of drug-likeness (QED) is 0.885. The van der Waals surface area contributed by atoms with Gasteiger partial charge in [-0.15, -0.1) is 0 Å². The van der Waals surface area contributed by atoms with Crippen molar-refractivity contribution in [2.75, 3.05) is 13.1 Å². The summed E-state index contributed by atoms with van der Waals surface area (Å²) in [6.07, 6.45) is 2.16. The number of hydrogen-bond acceptors (Lipinski definition) is 4. The van der Waals surface area contributed by atoms with Gasteiger partial charge in [0.25, 0.3) is 0 Å². The van der Waals surface area contributed by atoms with Gasteiger partial charge in [0.05, 0.1) is 6.10 Å². The number of aliphatic hydroxyl groups excluding tert-OH is 1. The Balaban J connectivity index is 1.93. The second-order valence-corrected chi connectivity index (χ2v) is 7.32. The van der Waals surface area contributed by atoms with Gasteiger partial charge in [-0.05, 0) is 51.0 Å². The van der Waals surface area contributed by atoms with E-state index in [4.69, 9.17) is 0 Å². The maximum absolute atomic E-state index is 12.5. The Morgan fingerprint density at radius 3 is 2.50 bits per heavy atom. The highest BCUT2D eigenvalue weighted by Gasteiger charge is 2.28. The van der Waals surface area contributed by atoms with E-state index in [2.05, 4.69) is 18.8 Å². The average Bonchev–Trinajstić information content (AvgIpc) is 2.50. The number of aromatic nitrogens is 2. The van der Waals surface area contributed by atoms with Crippen molar-refractivity contribution in [3.8, 4) is 0 Å². The summed E-state index contributed by atoms with van der Waals surface area (Å²) in [5.41, 5.74) is 1.05. The number of aliphatic hydroxyl groups is 1. The molecule has 1 atom stereocenters. The lowest BCUT2D eigenvalue weighted by molar-refractivity contribution is -0.134. The first-order chi connectivity index (χ1) is 11.3. The summed E-state index contributed by atoms with van der Waals surface area (Å²) in [5, 5.41) is 10.2. The molecule has 0 aromatic carbocycles. The van der Waals surface area contributed by atoms with Gasteiger partial charge in [0.15, 0.2) is 0 Å². The first-order valence-electron chi connectivity index (χ1n) is 8.79. The van der Waals surface area contributed by atoms with E-state index in [9.17, 15) is 14.7 Å². The van der Waals surface area contributed by atoms with Crippen molar-refractivity contribution in [2.24, 2.45) is 11.8 Å². The Morgan fingerprint density at radius 2 is 1.96 bits per heavy atom. The van der Waals surface area contributed by atoms with Crippen molar-refractivity contribution >= 4 is 5.91 Å². The van der Waals surface area contributed by atoms with E-state index < -0.39 is 0 Å². The van der Waals surface area contributed by atoms with Gasteiger partial charge in [0, 0.05) is 24.5 Å². The number of hydrogen-bond donors (Lipinski definition) is 1. The molecule has 1 amide bonds. The van der Waals surface area contributed by atoms with Crippen LogP contribution in [0.5, 0.6) is 0 Å². The third kappa shape index (κ3) is 4.66. The van der Waals surface area contributed by atoms with Crippen LogP contribution < -0.4 is 5.69 Å². The van der Waals surface area contributed by atoms with Gasteiger partial charge < -0.3 is 10.0 Å². The predicted molar refractivity (Wildman–Crippen MR) is 92.7 cm³/mol. The van der Waals surface area contributed by atoms with Crippen LogP contribution in [0.2, 0.25) is 0 Å². The normalized spacial score (nSPS) is 17.3. The molecule has 0 unspecified atom stereocenters. The van der Waals surface area contributed by atoms with E-state index in [-0.39, 0.29) is 30.2 Å². The SMILES string of the molecule is Cc1cc(C)n(CC(=O)N2CCC([C@H](O)CC(C)C)CC2)c(=O)n1. The molecule has 2 heterocycles. The molecule has 6 heteroatoms. The van der Waals surface area contributed by atoms with E-state index in [1.807, 2.05) is 13.0 Å². The van der Waals surface area contributed by atoms with Crippen LogP contribution in [0.1, 0.15) is 44.5 Å². The first kappa shape index (κ1) is 18.6. The zero-order chi connectivity index (χ0) is 17.9. The summed E-state index contributed by atoms with van der Waals surface area (Å²) in [6.45, 7) is 9.13. The predicted octanol–water partition coefficient (Wildman–Crippen LogP) is 1.51. The number of aryl methyl sites for hydroxylation is 2. The van der Waals surface area contributed by atoms with Crippen LogP contribution in [-0.4, -0.2) is 44.7 Å². The van der Waals surface area contributed by atoms with E-state index in [0.29, 0.717) is 24.7 Å². The fourth-order valence-corrected chi connectivity index (χ4v) is 3.41. The third-order valence-corrected chi connectivity index (χ3v) is 4.79. The van der Waals surface area contributed by atoms with E-state index >= 15 is 0 Å². The Kier molecular flexibility index (Phi) is 6.15. The molecule has 1 fully saturated rings. The molecule has 24 heavy (non-hydrogen) atoms. The molecule has 0 spiro atoms. The van der Waals surface area contributed by atoms with Crippen molar-refractivity contribution in [3.63, 3.8) is 0 Å². The maximum atomic E-state index is 12.5. The number of amides is 1. The van der Waals surface area contributed by atoms with Gasteiger partial charge >= 0.3 is 5.69 Å². The first-order valence-corrected chi connectivity index (χ1v) is 8.79. The highest BCUT2D eigenvalue weighted by molar-refractivity contribution is 5.76. The van der Waals surface area contributed by atoms with Gasteiger partial charge in [-0.25, -0.2) is 4.79 Å². The second kappa shape index (κ2) is 7.92. The molecule has 134 valence electrons. The fourth-order valence-electron chi connectivity index (χ4n) is 3.41. The molecule has 0 radical (unpaired) electrons. The van der Waals surface area contributed by atoms with Gasteiger partial charge in [-0.1, -0.05) is 13.8 Å². The number of carbonyl (C=O) groups is 1. The van der Waals surface area contributed by atoms with Crippen molar-refractivity contribution < 1.29 is 9.90 Å². The topological polar surface area (TPSA) is 75.4 Å². The van der Waals surface area contributed by atoms with E-state index in [1.165, 1.54) is 4.57 Å². The van der Waals surface area contributed by atoms with Gasteiger partial charge in [-0.2, -0.15) is 4.98 Å². The monoisotopic (exact) mass is 335 g/mol. The van der Waals surface area contributed by atoms with Crippen LogP contribution in [0, 0.1) is 25.7 Å². The van der Waals surface area contributed by atoms with Crippen LogP contribution in [0.4, 0.5) is 0 Å². The average molecular weight is 335 g/mol. The maximum Gasteiger partial charge on any atom is 0.348 e. The van der Waals surface area contributed by atoms with E-state index in [1.54, 1.807) is 11.8 Å². The van der Waals surface area contributed by atoms with Crippen molar-refractivity contribution in [1.29, 1.82) is 0 Å². The minimum atomic E-state index is -0.372. The van der Waals surface area contributed by atoms with E-state index in [0.717, 1.165) is 25.0 Å². The van der Waals surface area contributed by atoms with Crippen molar-refractivity contribution in [1.82, 2.24) is 14.5 Å². The molecule has 1 aliphatic heterocycles. The summed E-state index contributed by atoms with van der Waals surface area (Å²) in [7, 11) is 0. The summed E-state index contributed by atoms with van der Waals surface area (Å²) < 4.78 is 1.43. The second-order valence-electron chi connectivity index (χ2n) is 7.32. The Hall–Kier alpha value is -1.69. The van der Waals surface area contributed by atoms with Crippen LogP contribution >= 0.6 is 0 Å². The molecule has 1 aromatic rings. The number of likely N-dealkylation sites (tertiary alicyclic amines) is 1. The van der Waals surface area contributed by atoms with Gasteiger partial charge in [0.2, 0.25) is 5.91 Å². The molecule has 0 aliphatic carbocycles. The lowest BCUT2D eigenvalue weighted by atomic mass is 9.87. The van der Waals surface area contributed by atoms with Gasteiger partial charge in [-0.3, -0.25) is 9.36 Å². The molecule has 6 nitrogen and oxygen atoms in total. The van der Waals surface area contributed by atoms with Crippen LogP contribution in [0.15, 0.2) is 10.9 Å². The zero-order valence-corrected chi connectivity index (χ0v) is 15.2. The number of nitrogens with zero attached hydrogens (tertiary/aromatic N) is 3. The molecule has 1 aromatic heterocycles. The smallest absolute Gasteiger partial charge is 0.348 e. The van der Waals surface area contributed by atoms with Crippen LogP contribution in [0.3, 0.4) is 0 Å². The molecule has 0 saturated carbocycles. The highest BCUT2D eigenvalue weighted by Crippen LogP contribution is 2.24. The summed E-state index contributed by atoms with van der Waals surface area (Å²) >= 11 is 0. The van der Waals surface area contributed by atoms with Crippen LogP contribution in [0.25, 0.3) is 0 Å². The lowest BCUT2D eigenvalue weighted by Gasteiger charge is -2.35. The molecule has 1 aliphatic rings. The lowest BCUT2D eigenvalue weighted by Crippen LogP contribution is -2.44. The number of piperidine rings is 1. The van der Waals surface area contributed by atoms with Crippen molar-refractivity contribution in [2.45, 2.75) is 59.6 Å². The number of carbonyl (C=O) groups excluding carboxylic acids is 1. The Labute approximate surface area is 143 Å². The molecule has 0 bridgehead atoms. The molecule has 1 N–H and O–H groups in total. The zero-order valence-electron chi connectivity index (χ0n) is 15.2. The summed E-state index contributed by atoms with van der Waals surface area (Å²) in [4.78, 5) is 30.2. The Morgan fingerprint density at radius 1 is 1.33 bits per heavy atom. The van der Waals surface area contributed by atoms with Gasteiger partial charge in [0.1, 0.15) is 6.54 Å². The highest BCUT2D eigenvalue weighted by atomic mass is 16.3. The standard InChI is InChI=1S/C18H29N3O3/c1-12(2)9-16(22)15-5-7-20(8-6-15)17(23)11-21-14(4)10-13(3)19-18(21)24/h10,12,15-16,22H,5-9,11H2,1-4H3/t16-/m1/s1. The van der Waals surface area contributed by atoms with Crippen LogP contribution in [-0.2, 0) is 11.3 Å². The molecule has 1 saturated heterocycles. The van der Waals surface area contributed by atoms with Crippen molar-refractivity contribution in [3.05, 3.63) is 27.9 Å². The largest absolute Gasteiger partial charge is 0.393 e. The molecule has 2 rings (SSSR count). The summed E-state index contributed by atoms with van der Waals surface area (Å²) in [5.74, 6) is 0.688. The molecular formula is C18H29N3O3. The fraction of sp³-hybridized carbons (Fsp3) is 0.722. The third-order valence-electron chi connectivity index (χ3n) is 4.79. The molecular weight excluding hydrogens is 306 g/mol. The number of rotatable bonds is 5. The minimum absolute atomic E-state index is 0.0389. The Bertz CT molecular complexity index is 631.